The summed E-state index contributed by atoms with van der Waals surface area (Å²) in [6.45, 7) is 1.38. The van der Waals surface area contributed by atoms with Gasteiger partial charge in [0.15, 0.2) is 0 Å². The number of carbonyl (C=O) groups is 4. The number of nitrogens with one attached hydrogen (secondary N) is 1. The Kier molecular flexibility index (Phi) is 6.37. The first-order valence-electron chi connectivity index (χ1n) is 13.3. The van der Waals surface area contributed by atoms with Gasteiger partial charge in [0.05, 0.1) is 16.7 Å². The smallest absolute Gasteiger partial charge is 0.262 e. The maximum absolute atomic E-state index is 13.4. The van der Waals surface area contributed by atoms with Crippen molar-refractivity contribution in [3.63, 3.8) is 0 Å². The first kappa shape index (κ1) is 25.2. The molecule has 0 saturated carbocycles. The number of fused-ring (bicyclic) bond motifs is 1. The van der Waals surface area contributed by atoms with E-state index in [1.807, 2.05) is 36.4 Å². The second kappa shape index (κ2) is 9.87. The average molecular weight is 524 g/mol. The van der Waals surface area contributed by atoms with Gasteiger partial charge >= 0.3 is 0 Å². The van der Waals surface area contributed by atoms with Gasteiger partial charge in [-0.25, -0.2) is 0 Å². The molecule has 0 aliphatic carbocycles. The topological polar surface area (TPSA) is 107 Å². The lowest BCUT2D eigenvalue weighted by atomic mass is 9.78. The summed E-state index contributed by atoms with van der Waals surface area (Å²) < 4.78 is 0. The first-order valence-corrected chi connectivity index (χ1v) is 13.3. The van der Waals surface area contributed by atoms with Crippen molar-refractivity contribution in [1.29, 1.82) is 0 Å². The fraction of sp³-hybridized carbons (Fsp3) is 0.290. The number of carbonyl (C=O) groups excluding carboxylic acids is 4. The van der Waals surface area contributed by atoms with Crippen molar-refractivity contribution in [2.45, 2.75) is 49.9 Å². The van der Waals surface area contributed by atoms with Gasteiger partial charge in [-0.2, -0.15) is 0 Å². The van der Waals surface area contributed by atoms with E-state index in [2.05, 4.69) is 34.5 Å². The van der Waals surface area contributed by atoms with Crippen molar-refractivity contribution < 1.29 is 24.3 Å². The molecule has 39 heavy (non-hydrogen) atoms. The molecule has 3 atom stereocenters. The molecule has 8 nitrogen and oxygen atoms in total. The van der Waals surface area contributed by atoms with E-state index in [1.165, 1.54) is 5.56 Å². The Morgan fingerprint density at radius 2 is 1.54 bits per heavy atom. The van der Waals surface area contributed by atoms with Gasteiger partial charge in [0.1, 0.15) is 6.04 Å². The van der Waals surface area contributed by atoms with Crippen LogP contribution in [0.4, 0.5) is 0 Å². The van der Waals surface area contributed by atoms with E-state index < -0.39 is 35.3 Å². The van der Waals surface area contributed by atoms with Crippen LogP contribution < -0.4 is 5.32 Å². The van der Waals surface area contributed by atoms with Crippen molar-refractivity contribution in [2.75, 3.05) is 6.54 Å². The summed E-state index contributed by atoms with van der Waals surface area (Å²) in [5.41, 5.74) is 2.04. The summed E-state index contributed by atoms with van der Waals surface area (Å²) in [7, 11) is 0. The molecular weight excluding hydrogens is 494 g/mol. The van der Waals surface area contributed by atoms with Gasteiger partial charge in [0, 0.05) is 32.0 Å². The normalized spacial score (nSPS) is 25.5. The van der Waals surface area contributed by atoms with E-state index in [1.54, 1.807) is 18.2 Å². The third kappa shape index (κ3) is 4.56. The van der Waals surface area contributed by atoms with E-state index in [0.717, 1.165) is 17.0 Å². The highest BCUT2D eigenvalue weighted by atomic mass is 16.3. The van der Waals surface area contributed by atoms with Crippen LogP contribution in [0.15, 0.2) is 78.9 Å². The van der Waals surface area contributed by atoms with Crippen LogP contribution in [0.3, 0.4) is 0 Å². The number of rotatable bonds is 5. The standard InChI is InChI=1S/C31H29N3O5/c35-27-14-13-25(28(36)32-27)34-29(37)23-12-11-22(17-24(23)30(34)38)31(39)15-16-33(19-20-7-3-1-4-8-20)26(18-31)21-9-5-2-6-10-21/h1-12,17,25-26,39H,13-16,18-19H2,(H,32,35,36)/t25?,26-,31?/m1/s1. The molecular formula is C31H29N3O5. The molecule has 2 N–H and O–H groups in total. The Labute approximate surface area is 226 Å². The van der Waals surface area contributed by atoms with E-state index in [-0.39, 0.29) is 30.0 Å². The average Bonchev–Trinajstić information content (AvgIpc) is 3.20. The zero-order valence-corrected chi connectivity index (χ0v) is 21.4. The SMILES string of the molecule is O=C1CCC(N2C(=O)c3ccc(C4(O)CCN(Cc5ccccc5)[C@@H](c5ccccc5)C4)cc3C2=O)C(=O)N1. The van der Waals surface area contributed by atoms with Crippen molar-refractivity contribution in [1.82, 2.24) is 15.1 Å². The van der Waals surface area contributed by atoms with Crippen LogP contribution in [-0.2, 0) is 21.7 Å². The number of imide groups is 2. The molecule has 8 heteroatoms. The minimum atomic E-state index is -1.21. The quantitative estimate of drug-likeness (QED) is 0.497. The molecule has 4 amide bonds. The fourth-order valence-corrected chi connectivity index (χ4v) is 6.07. The molecule has 0 radical (unpaired) electrons. The summed E-state index contributed by atoms with van der Waals surface area (Å²) in [5.74, 6) is -2.18. The van der Waals surface area contributed by atoms with Gasteiger partial charge in [0.2, 0.25) is 11.8 Å². The Bertz CT molecular complexity index is 1460. The predicted octanol–water partition coefficient (Wildman–Crippen LogP) is 3.31. The Balaban J connectivity index is 1.29. The highest BCUT2D eigenvalue weighted by molar-refractivity contribution is 6.23. The van der Waals surface area contributed by atoms with Crippen LogP contribution >= 0.6 is 0 Å². The van der Waals surface area contributed by atoms with Crippen LogP contribution in [0.5, 0.6) is 0 Å². The highest BCUT2D eigenvalue weighted by Gasteiger charge is 2.46. The van der Waals surface area contributed by atoms with Crippen molar-refractivity contribution in [3.05, 3.63) is 107 Å². The molecule has 3 aromatic carbocycles. The van der Waals surface area contributed by atoms with Gasteiger partial charge in [-0.3, -0.25) is 34.3 Å². The predicted molar refractivity (Wildman–Crippen MR) is 142 cm³/mol. The zero-order valence-electron chi connectivity index (χ0n) is 21.4. The van der Waals surface area contributed by atoms with Gasteiger partial charge in [-0.15, -0.1) is 0 Å². The van der Waals surface area contributed by atoms with Gasteiger partial charge in [0.25, 0.3) is 11.8 Å². The molecule has 198 valence electrons. The summed E-state index contributed by atoms with van der Waals surface area (Å²) in [6.07, 6.45) is 1.04. The molecule has 3 heterocycles. The molecule has 0 aromatic heterocycles. The molecule has 0 bridgehead atoms. The summed E-state index contributed by atoms with van der Waals surface area (Å²) in [4.78, 5) is 53.8. The van der Waals surface area contributed by atoms with Crippen molar-refractivity contribution in [2.24, 2.45) is 0 Å². The number of nitrogens with zero attached hydrogens (tertiary/aromatic N) is 2. The number of aliphatic hydroxyl groups is 1. The highest BCUT2D eigenvalue weighted by Crippen LogP contribution is 2.44. The second-order valence-electron chi connectivity index (χ2n) is 10.6. The maximum Gasteiger partial charge on any atom is 0.262 e. The van der Waals surface area contributed by atoms with Crippen LogP contribution in [0.25, 0.3) is 0 Å². The fourth-order valence-electron chi connectivity index (χ4n) is 6.07. The summed E-state index contributed by atoms with van der Waals surface area (Å²) in [5, 5.41) is 14.2. The second-order valence-corrected chi connectivity index (χ2v) is 10.6. The maximum atomic E-state index is 13.4. The lowest BCUT2D eigenvalue weighted by Crippen LogP contribution is -2.54. The minimum Gasteiger partial charge on any atom is -0.385 e. The number of likely N-dealkylation sites (tertiary alicyclic amines) is 1. The van der Waals surface area contributed by atoms with Crippen LogP contribution in [0.1, 0.15) is 69.1 Å². The number of benzene rings is 3. The van der Waals surface area contributed by atoms with E-state index in [9.17, 15) is 24.3 Å². The Morgan fingerprint density at radius 3 is 2.26 bits per heavy atom. The Morgan fingerprint density at radius 1 is 0.846 bits per heavy atom. The zero-order chi connectivity index (χ0) is 27.1. The molecule has 0 spiro atoms. The lowest BCUT2D eigenvalue weighted by Gasteiger charge is -2.44. The number of hydrogen-bond acceptors (Lipinski definition) is 6. The summed E-state index contributed by atoms with van der Waals surface area (Å²) in [6, 6.07) is 24.1. The molecule has 2 fully saturated rings. The molecule has 3 aliphatic heterocycles. The number of hydrogen-bond donors (Lipinski definition) is 2. The first-order chi connectivity index (χ1) is 18.8. The number of amides is 4. The molecule has 2 saturated heterocycles. The van der Waals surface area contributed by atoms with E-state index in [0.29, 0.717) is 24.9 Å². The van der Waals surface area contributed by atoms with Gasteiger partial charge < -0.3 is 5.11 Å². The van der Waals surface area contributed by atoms with E-state index >= 15 is 0 Å². The summed E-state index contributed by atoms with van der Waals surface area (Å²) >= 11 is 0. The molecule has 3 aromatic rings. The largest absolute Gasteiger partial charge is 0.385 e. The van der Waals surface area contributed by atoms with Gasteiger partial charge in [-0.1, -0.05) is 66.7 Å². The van der Waals surface area contributed by atoms with Gasteiger partial charge in [-0.05, 0) is 41.7 Å². The third-order valence-corrected chi connectivity index (χ3v) is 8.17. The van der Waals surface area contributed by atoms with Crippen LogP contribution in [0.2, 0.25) is 0 Å². The molecule has 2 unspecified atom stereocenters. The van der Waals surface area contributed by atoms with Crippen molar-refractivity contribution >= 4 is 23.6 Å². The molecule has 3 aliphatic rings. The molecule has 6 rings (SSSR count). The van der Waals surface area contributed by atoms with E-state index in [4.69, 9.17) is 0 Å². The minimum absolute atomic E-state index is 0.0595. The Hall–Kier alpha value is -4.14. The van der Waals surface area contributed by atoms with Crippen LogP contribution in [0, 0.1) is 0 Å². The van der Waals surface area contributed by atoms with Crippen LogP contribution in [-0.4, -0.2) is 51.1 Å². The third-order valence-electron chi connectivity index (χ3n) is 8.17. The lowest BCUT2D eigenvalue weighted by molar-refractivity contribution is -0.136. The number of piperidine rings is 2. The monoisotopic (exact) mass is 523 g/mol. The van der Waals surface area contributed by atoms with Crippen molar-refractivity contribution in [3.8, 4) is 0 Å².